The van der Waals surface area contributed by atoms with Crippen molar-refractivity contribution in [1.29, 1.82) is 0 Å². The van der Waals surface area contributed by atoms with Crippen LogP contribution in [0.15, 0.2) is 76.1 Å². The number of anilines is 1. The van der Waals surface area contributed by atoms with E-state index in [0.717, 1.165) is 21.2 Å². The molecule has 3 rings (SSSR count). The minimum Gasteiger partial charge on any atom is -0.325 e. The van der Waals surface area contributed by atoms with Crippen molar-refractivity contribution in [2.24, 2.45) is 0 Å². The van der Waals surface area contributed by atoms with Gasteiger partial charge >= 0.3 is 0 Å². The Kier molecular flexibility index (Phi) is 7.54. The third kappa shape index (κ3) is 6.17. The number of carbonyl (C=O) groups is 1. The lowest BCUT2D eigenvalue weighted by atomic mass is 10.2. The molecule has 0 aliphatic rings. The van der Waals surface area contributed by atoms with Gasteiger partial charge in [-0.1, -0.05) is 63.4 Å². The van der Waals surface area contributed by atoms with Gasteiger partial charge in [0.05, 0.1) is 11.4 Å². The fourth-order valence-corrected chi connectivity index (χ4v) is 4.74. The highest BCUT2D eigenvalue weighted by atomic mass is 79.9. The first-order chi connectivity index (χ1) is 14.6. The average Bonchev–Trinajstić information content (AvgIpc) is 2.72. The summed E-state index contributed by atoms with van der Waals surface area (Å²) in [5.41, 5.74) is 3.12. The van der Waals surface area contributed by atoms with Crippen LogP contribution in [0, 0.1) is 13.8 Å². The van der Waals surface area contributed by atoms with Crippen LogP contribution in [0.5, 0.6) is 0 Å². The number of halogens is 2. The van der Waals surface area contributed by atoms with Crippen molar-refractivity contribution in [2.45, 2.75) is 25.3 Å². The van der Waals surface area contributed by atoms with E-state index in [1.54, 1.807) is 42.5 Å². The van der Waals surface area contributed by atoms with E-state index in [1.165, 1.54) is 4.31 Å². The van der Waals surface area contributed by atoms with Gasteiger partial charge < -0.3 is 5.32 Å². The van der Waals surface area contributed by atoms with Crippen LogP contribution in [0.3, 0.4) is 0 Å². The average molecular weight is 522 g/mol. The van der Waals surface area contributed by atoms with E-state index in [-0.39, 0.29) is 18.0 Å². The Morgan fingerprint density at radius 1 is 1.00 bits per heavy atom. The van der Waals surface area contributed by atoms with Crippen molar-refractivity contribution in [2.75, 3.05) is 11.9 Å². The van der Waals surface area contributed by atoms with Crippen LogP contribution in [0.1, 0.15) is 16.7 Å². The molecule has 31 heavy (non-hydrogen) atoms. The van der Waals surface area contributed by atoms with Gasteiger partial charge in [-0.2, -0.15) is 4.31 Å². The minimum atomic E-state index is -3.89. The van der Waals surface area contributed by atoms with Crippen molar-refractivity contribution in [1.82, 2.24) is 4.31 Å². The Bertz CT molecular complexity index is 1180. The van der Waals surface area contributed by atoms with E-state index < -0.39 is 15.9 Å². The van der Waals surface area contributed by atoms with Gasteiger partial charge in [0.15, 0.2) is 0 Å². The standard InChI is InChI=1S/C23H22BrClN2O3S/c1-16-3-11-21(12-4-16)31(29,30)27(14-18-6-8-19(24)9-7-18)15-23(28)26-20-10-5-17(2)22(25)13-20/h3-13H,14-15H2,1-2H3,(H,26,28). The molecule has 0 saturated carbocycles. The molecule has 0 heterocycles. The summed E-state index contributed by atoms with van der Waals surface area (Å²) in [5, 5.41) is 3.26. The van der Waals surface area contributed by atoms with Crippen LogP contribution in [0.4, 0.5) is 5.69 Å². The molecule has 0 bridgehead atoms. The Morgan fingerprint density at radius 3 is 2.26 bits per heavy atom. The number of amides is 1. The Hall–Kier alpha value is -2.19. The molecule has 3 aromatic rings. The maximum atomic E-state index is 13.3. The normalized spacial score (nSPS) is 11.5. The molecule has 0 radical (unpaired) electrons. The highest BCUT2D eigenvalue weighted by Gasteiger charge is 2.27. The van der Waals surface area contributed by atoms with Crippen LogP contribution in [-0.2, 0) is 21.4 Å². The summed E-state index contributed by atoms with van der Waals surface area (Å²) in [6.45, 7) is 3.47. The number of aryl methyl sites for hydroxylation is 2. The second kappa shape index (κ2) is 9.96. The molecule has 0 aliphatic heterocycles. The molecule has 1 amide bonds. The number of nitrogens with zero attached hydrogens (tertiary/aromatic N) is 1. The highest BCUT2D eigenvalue weighted by molar-refractivity contribution is 9.10. The number of carbonyl (C=O) groups excluding carboxylic acids is 1. The third-order valence-electron chi connectivity index (χ3n) is 4.71. The monoisotopic (exact) mass is 520 g/mol. The Morgan fingerprint density at radius 2 is 1.65 bits per heavy atom. The molecule has 0 aromatic heterocycles. The fourth-order valence-electron chi connectivity index (χ4n) is 2.91. The maximum absolute atomic E-state index is 13.3. The topological polar surface area (TPSA) is 66.5 Å². The molecule has 3 aromatic carbocycles. The number of hydrogen-bond acceptors (Lipinski definition) is 3. The first kappa shape index (κ1) is 23.5. The summed E-state index contributed by atoms with van der Waals surface area (Å²) in [4.78, 5) is 12.9. The van der Waals surface area contributed by atoms with Gasteiger partial charge in [-0.3, -0.25) is 4.79 Å². The quantitative estimate of drug-likeness (QED) is 0.443. The Labute approximate surface area is 196 Å². The van der Waals surface area contributed by atoms with Gasteiger partial charge in [0, 0.05) is 21.7 Å². The predicted octanol–water partition coefficient (Wildman–Crippen LogP) is 5.55. The summed E-state index contributed by atoms with van der Waals surface area (Å²) in [7, 11) is -3.89. The third-order valence-corrected chi connectivity index (χ3v) is 7.45. The van der Waals surface area contributed by atoms with E-state index in [2.05, 4.69) is 21.2 Å². The van der Waals surface area contributed by atoms with Crippen LogP contribution >= 0.6 is 27.5 Å². The van der Waals surface area contributed by atoms with Crippen molar-refractivity contribution < 1.29 is 13.2 Å². The zero-order valence-electron chi connectivity index (χ0n) is 17.1. The lowest BCUT2D eigenvalue weighted by molar-refractivity contribution is -0.116. The number of hydrogen-bond donors (Lipinski definition) is 1. The van der Waals surface area contributed by atoms with Gasteiger partial charge in [0.1, 0.15) is 0 Å². The van der Waals surface area contributed by atoms with Crippen LogP contribution in [0.25, 0.3) is 0 Å². The van der Waals surface area contributed by atoms with E-state index in [4.69, 9.17) is 11.6 Å². The lowest BCUT2D eigenvalue weighted by Gasteiger charge is -2.22. The molecule has 8 heteroatoms. The molecular formula is C23H22BrClN2O3S. The molecule has 0 aliphatic carbocycles. The molecule has 0 unspecified atom stereocenters. The first-order valence-corrected chi connectivity index (χ1v) is 12.1. The molecule has 1 N–H and O–H groups in total. The van der Waals surface area contributed by atoms with Crippen molar-refractivity contribution in [3.8, 4) is 0 Å². The van der Waals surface area contributed by atoms with E-state index in [1.807, 2.05) is 38.1 Å². The number of sulfonamides is 1. The van der Waals surface area contributed by atoms with Gasteiger partial charge in [0.25, 0.3) is 0 Å². The number of benzene rings is 3. The first-order valence-electron chi connectivity index (χ1n) is 9.52. The second-order valence-electron chi connectivity index (χ2n) is 7.22. The Balaban J connectivity index is 1.87. The van der Waals surface area contributed by atoms with E-state index in [0.29, 0.717) is 10.7 Å². The summed E-state index contributed by atoms with van der Waals surface area (Å²) in [6, 6.07) is 19.0. The molecule has 0 saturated heterocycles. The van der Waals surface area contributed by atoms with Gasteiger partial charge in [-0.25, -0.2) is 8.42 Å². The fraction of sp³-hybridized carbons (Fsp3) is 0.174. The van der Waals surface area contributed by atoms with Crippen molar-refractivity contribution in [3.05, 3.63) is 92.9 Å². The van der Waals surface area contributed by atoms with Gasteiger partial charge in [-0.15, -0.1) is 0 Å². The molecule has 0 atom stereocenters. The predicted molar refractivity (Wildman–Crippen MR) is 128 cm³/mol. The van der Waals surface area contributed by atoms with E-state index >= 15 is 0 Å². The van der Waals surface area contributed by atoms with Gasteiger partial charge in [-0.05, 0) is 61.4 Å². The molecular weight excluding hydrogens is 500 g/mol. The smallest absolute Gasteiger partial charge is 0.243 e. The molecule has 0 fully saturated rings. The number of nitrogens with one attached hydrogen (secondary N) is 1. The largest absolute Gasteiger partial charge is 0.325 e. The molecule has 5 nitrogen and oxygen atoms in total. The van der Waals surface area contributed by atoms with Crippen LogP contribution in [-0.4, -0.2) is 25.2 Å². The van der Waals surface area contributed by atoms with Crippen molar-refractivity contribution >= 4 is 49.1 Å². The van der Waals surface area contributed by atoms with E-state index in [9.17, 15) is 13.2 Å². The lowest BCUT2D eigenvalue weighted by Crippen LogP contribution is -2.37. The van der Waals surface area contributed by atoms with Crippen LogP contribution in [0.2, 0.25) is 5.02 Å². The maximum Gasteiger partial charge on any atom is 0.243 e. The van der Waals surface area contributed by atoms with Crippen molar-refractivity contribution in [3.63, 3.8) is 0 Å². The summed E-state index contributed by atoms with van der Waals surface area (Å²) < 4.78 is 28.7. The zero-order valence-corrected chi connectivity index (χ0v) is 20.3. The highest BCUT2D eigenvalue weighted by Crippen LogP contribution is 2.22. The summed E-state index contributed by atoms with van der Waals surface area (Å²) in [5.74, 6) is -0.451. The summed E-state index contributed by atoms with van der Waals surface area (Å²) in [6.07, 6.45) is 0. The number of rotatable bonds is 7. The summed E-state index contributed by atoms with van der Waals surface area (Å²) >= 11 is 9.50. The van der Waals surface area contributed by atoms with Crippen LogP contribution < -0.4 is 5.32 Å². The zero-order chi connectivity index (χ0) is 22.6. The molecule has 162 valence electrons. The van der Waals surface area contributed by atoms with Gasteiger partial charge in [0.2, 0.25) is 15.9 Å². The molecule has 0 spiro atoms. The second-order valence-corrected chi connectivity index (χ2v) is 10.5. The minimum absolute atomic E-state index is 0.0611. The SMILES string of the molecule is Cc1ccc(S(=O)(=O)N(CC(=O)Nc2ccc(C)c(Cl)c2)Cc2ccc(Br)cc2)cc1.